The van der Waals surface area contributed by atoms with E-state index in [9.17, 15) is 0 Å². The maximum atomic E-state index is 5.70. The van der Waals surface area contributed by atoms with E-state index in [0.717, 1.165) is 30.1 Å². The minimum atomic E-state index is 0.173. The zero-order valence-corrected chi connectivity index (χ0v) is 11.2. The summed E-state index contributed by atoms with van der Waals surface area (Å²) in [6.45, 7) is 5.98. The third-order valence-corrected chi connectivity index (χ3v) is 3.15. The van der Waals surface area contributed by atoms with Gasteiger partial charge in [0.15, 0.2) is 0 Å². The van der Waals surface area contributed by atoms with E-state index < -0.39 is 0 Å². The minimum Gasteiger partial charge on any atom is -0.491 e. The van der Waals surface area contributed by atoms with Crippen LogP contribution in [0.3, 0.4) is 0 Å². The summed E-state index contributed by atoms with van der Waals surface area (Å²) in [6, 6.07) is 8.42. The molecule has 0 bridgehead atoms. The normalized spacial score (nSPS) is 15.5. The highest BCUT2D eigenvalue weighted by Crippen LogP contribution is 2.23. The van der Waals surface area contributed by atoms with E-state index in [1.165, 1.54) is 0 Å². The first-order valence-electron chi connectivity index (χ1n) is 6.62. The van der Waals surface area contributed by atoms with Crippen LogP contribution in [0.5, 0.6) is 5.75 Å². The monoisotopic (exact) mass is 258 g/mol. The van der Waals surface area contributed by atoms with Crippen LogP contribution in [0.1, 0.15) is 19.9 Å². The van der Waals surface area contributed by atoms with Gasteiger partial charge in [0.1, 0.15) is 11.4 Å². The van der Waals surface area contributed by atoms with E-state index in [0.29, 0.717) is 6.04 Å². The van der Waals surface area contributed by atoms with Gasteiger partial charge in [0.25, 0.3) is 0 Å². The van der Waals surface area contributed by atoms with Crippen LogP contribution in [0.2, 0.25) is 0 Å². The Hall–Kier alpha value is -1.88. The molecule has 5 nitrogen and oxygen atoms in total. The standard InChI is InChI=1S/C14H18N4O/c1-10(2)19-13-5-3-4-11(6-13)14-9-18(17-16-14)12-7-15-8-12/h3-6,9-10,12,15H,7-8H2,1-2H3. The summed E-state index contributed by atoms with van der Waals surface area (Å²) < 4.78 is 7.63. The molecule has 3 rings (SSSR count). The van der Waals surface area contributed by atoms with Gasteiger partial charge >= 0.3 is 0 Å². The Labute approximate surface area is 112 Å². The van der Waals surface area contributed by atoms with Crippen molar-refractivity contribution in [3.63, 3.8) is 0 Å². The Morgan fingerprint density at radius 2 is 2.21 bits per heavy atom. The lowest BCUT2D eigenvalue weighted by Gasteiger charge is -2.26. The predicted octanol–water partition coefficient (Wildman–Crippen LogP) is 1.88. The van der Waals surface area contributed by atoms with Gasteiger partial charge in [0.2, 0.25) is 0 Å². The Bertz CT molecular complexity index is 560. The third kappa shape index (κ3) is 2.61. The molecule has 19 heavy (non-hydrogen) atoms. The second kappa shape index (κ2) is 5.01. The van der Waals surface area contributed by atoms with Gasteiger partial charge < -0.3 is 10.1 Å². The number of rotatable bonds is 4. The second-order valence-corrected chi connectivity index (χ2v) is 5.09. The molecule has 1 aliphatic rings. The second-order valence-electron chi connectivity index (χ2n) is 5.09. The molecule has 1 aliphatic heterocycles. The number of hydrogen-bond donors (Lipinski definition) is 1. The maximum Gasteiger partial charge on any atom is 0.120 e. The van der Waals surface area contributed by atoms with E-state index in [1.807, 2.05) is 49.0 Å². The summed E-state index contributed by atoms with van der Waals surface area (Å²) in [7, 11) is 0. The summed E-state index contributed by atoms with van der Waals surface area (Å²) in [5.41, 5.74) is 1.93. The molecule has 1 aromatic heterocycles. The molecule has 5 heteroatoms. The summed E-state index contributed by atoms with van der Waals surface area (Å²) in [5, 5.41) is 11.7. The lowest BCUT2D eigenvalue weighted by Crippen LogP contribution is -2.43. The molecule has 100 valence electrons. The van der Waals surface area contributed by atoms with Crippen LogP contribution >= 0.6 is 0 Å². The van der Waals surface area contributed by atoms with Crippen LogP contribution in [0.15, 0.2) is 30.5 Å². The van der Waals surface area contributed by atoms with Crippen molar-refractivity contribution >= 4 is 0 Å². The van der Waals surface area contributed by atoms with Crippen molar-refractivity contribution in [2.24, 2.45) is 0 Å². The summed E-state index contributed by atoms with van der Waals surface area (Å²) in [5.74, 6) is 0.868. The first-order valence-corrected chi connectivity index (χ1v) is 6.62. The van der Waals surface area contributed by atoms with E-state index in [2.05, 4.69) is 15.6 Å². The average Bonchev–Trinajstić information content (AvgIpc) is 2.75. The zero-order valence-electron chi connectivity index (χ0n) is 11.2. The van der Waals surface area contributed by atoms with Gasteiger partial charge in [-0.2, -0.15) is 0 Å². The Morgan fingerprint density at radius 3 is 2.89 bits per heavy atom. The minimum absolute atomic E-state index is 0.173. The first-order chi connectivity index (χ1) is 9.22. The molecular formula is C14H18N4O. The number of benzene rings is 1. The van der Waals surface area contributed by atoms with E-state index in [4.69, 9.17) is 4.74 Å². The van der Waals surface area contributed by atoms with Gasteiger partial charge in [0.05, 0.1) is 18.3 Å². The fourth-order valence-electron chi connectivity index (χ4n) is 2.05. The van der Waals surface area contributed by atoms with Crippen molar-refractivity contribution in [1.29, 1.82) is 0 Å². The molecule has 0 atom stereocenters. The molecule has 2 aromatic rings. The van der Waals surface area contributed by atoms with Gasteiger partial charge in [-0.3, -0.25) is 0 Å². The highest BCUT2D eigenvalue weighted by molar-refractivity contribution is 5.59. The van der Waals surface area contributed by atoms with Crippen molar-refractivity contribution in [2.75, 3.05) is 13.1 Å². The lowest BCUT2D eigenvalue weighted by molar-refractivity contribution is 0.242. The fourth-order valence-corrected chi connectivity index (χ4v) is 2.05. The highest BCUT2D eigenvalue weighted by atomic mass is 16.5. The zero-order chi connectivity index (χ0) is 13.2. The molecular weight excluding hydrogens is 240 g/mol. The summed E-state index contributed by atoms with van der Waals surface area (Å²) in [6.07, 6.45) is 2.17. The van der Waals surface area contributed by atoms with Crippen molar-refractivity contribution < 1.29 is 4.74 Å². The van der Waals surface area contributed by atoms with Crippen LogP contribution in [-0.2, 0) is 0 Å². The smallest absolute Gasteiger partial charge is 0.120 e. The molecule has 0 radical (unpaired) electrons. The molecule has 1 fully saturated rings. The van der Waals surface area contributed by atoms with Gasteiger partial charge in [-0.15, -0.1) is 5.10 Å². The van der Waals surface area contributed by atoms with Crippen LogP contribution in [0, 0.1) is 0 Å². The Balaban J connectivity index is 1.82. The van der Waals surface area contributed by atoms with Crippen LogP contribution in [-0.4, -0.2) is 34.2 Å². The molecule has 0 saturated carbocycles. The van der Waals surface area contributed by atoms with Crippen LogP contribution < -0.4 is 10.1 Å². The predicted molar refractivity (Wildman–Crippen MR) is 73.1 cm³/mol. The number of nitrogens with zero attached hydrogens (tertiary/aromatic N) is 3. The molecule has 0 amide bonds. The quantitative estimate of drug-likeness (QED) is 0.909. The molecule has 1 aromatic carbocycles. The Morgan fingerprint density at radius 1 is 1.37 bits per heavy atom. The maximum absolute atomic E-state index is 5.70. The van der Waals surface area contributed by atoms with E-state index in [1.54, 1.807) is 0 Å². The summed E-state index contributed by atoms with van der Waals surface area (Å²) >= 11 is 0. The molecule has 0 unspecified atom stereocenters. The molecule has 1 saturated heterocycles. The van der Waals surface area contributed by atoms with Gasteiger partial charge in [-0.05, 0) is 26.0 Å². The number of aromatic nitrogens is 3. The van der Waals surface area contributed by atoms with Gasteiger partial charge in [-0.25, -0.2) is 4.68 Å². The molecule has 1 N–H and O–H groups in total. The third-order valence-electron chi connectivity index (χ3n) is 3.15. The molecule has 0 spiro atoms. The van der Waals surface area contributed by atoms with E-state index >= 15 is 0 Å². The van der Waals surface area contributed by atoms with Gasteiger partial charge in [-0.1, -0.05) is 17.3 Å². The van der Waals surface area contributed by atoms with Crippen molar-refractivity contribution in [2.45, 2.75) is 26.0 Å². The van der Waals surface area contributed by atoms with Crippen LogP contribution in [0.25, 0.3) is 11.3 Å². The highest BCUT2D eigenvalue weighted by Gasteiger charge is 2.20. The topological polar surface area (TPSA) is 52.0 Å². The van der Waals surface area contributed by atoms with Crippen LogP contribution in [0.4, 0.5) is 0 Å². The van der Waals surface area contributed by atoms with Crippen molar-refractivity contribution in [3.8, 4) is 17.0 Å². The van der Waals surface area contributed by atoms with Crippen molar-refractivity contribution in [3.05, 3.63) is 30.5 Å². The number of nitrogens with one attached hydrogen (secondary N) is 1. The lowest BCUT2D eigenvalue weighted by atomic mass is 10.1. The molecule has 2 heterocycles. The van der Waals surface area contributed by atoms with Crippen molar-refractivity contribution in [1.82, 2.24) is 20.3 Å². The number of hydrogen-bond acceptors (Lipinski definition) is 4. The fraction of sp³-hybridized carbons (Fsp3) is 0.429. The SMILES string of the molecule is CC(C)Oc1cccc(-c2cn(C3CNC3)nn2)c1. The van der Waals surface area contributed by atoms with E-state index in [-0.39, 0.29) is 6.10 Å². The summed E-state index contributed by atoms with van der Waals surface area (Å²) in [4.78, 5) is 0. The van der Waals surface area contributed by atoms with Gasteiger partial charge in [0, 0.05) is 18.7 Å². The average molecular weight is 258 g/mol. The molecule has 0 aliphatic carbocycles. The largest absolute Gasteiger partial charge is 0.491 e. The Kier molecular flexibility index (Phi) is 3.21. The number of ether oxygens (including phenoxy) is 1. The first kappa shape index (κ1) is 12.2.